The lowest BCUT2D eigenvalue weighted by atomic mass is 10.2. The van der Waals surface area contributed by atoms with Crippen molar-refractivity contribution >= 4 is 0 Å². The lowest BCUT2D eigenvalue weighted by Gasteiger charge is -2.12. The highest BCUT2D eigenvalue weighted by molar-refractivity contribution is 5.10. The van der Waals surface area contributed by atoms with E-state index >= 15 is 0 Å². The van der Waals surface area contributed by atoms with Crippen molar-refractivity contribution in [3.8, 4) is 0 Å². The molecule has 3 nitrogen and oxygen atoms in total. The summed E-state index contributed by atoms with van der Waals surface area (Å²) in [5, 5.41) is 1.75. The summed E-state index contributed by atoms with van der Waals surface area (Å²) in [5.41, 5.74) is 2.17. The predicted molar refractivity (Wildman–Crippen MR) is 52.1 cm³/mol. The summed E-state index contributed by atoms with van der Waals surface area (Å²) in [6.07, 6.45) is 0.977. The predicted octanol–water partition coefficient (Wildman–Crippen LogP) is 1.64. The van der Waals surface area contributed by atoms with Gasteiger partial charge in [0.2, 0.25) is 0 Å². The molecule has 1 aromatic rings. The molecule has 0 saturated carbocycles. The van der Waals surface area contributed by atoms with Crippen LogP contribution in [0.5, 0.6) is 0 Å². The topological polar surface area (TPSA) is 25.4 Å². The van der Waals surface area contributed by atoms with Crippen molar-refractivity contribution in [1.29, 1.82) is 0 Å². The van der Waals surface area contributed by atoms with Crippen LogP contribution in [0.3, 0.4) is 0 Å². The molecule has 0 radical (unpaired) electrons. The Morgan fingerprint density at radius 2 is 2.08 bits per heavy atom. The maximum absolute atomic E-state index is 5.02. The van der Waals surface area contributed by atoms with Crippen LogP contribution in [0.4, 0.5) is 0 Å². The molecule has 1 aromatic heterocycles. The average Bonchev–Trinajstić information content (AvgIpc) is 2.18. The van der Waals surface area contributed by atoms with Crippen molar-refractivity contribution in [3.63, 3.8) is 0 Å². The first-order chi connectivity index (χ1) is 6.26. The van der Waals surface area contributed by atoms with Crippen LogP contribution in [0.2, 0.25) is 0 Å². The number of nitrogens with zero attached hydrogens (tertiary/aromatic N) is 2. The molecule has 0 saturated heterocycles. The van der Waals surface area contributed by atoms with Gasteiger partial charge in [-0.2, -0.15) is 5.06 Å². The van der Waals surface area contributed by atoms with Gasteiger partial charge >= 0.3 is 0 Å². The molecular formula is C10H16N2O. The van der Waals surface area contributed by atoms with E-state index in [2.05, 4.69) is 11.9 Å². The van der Waals surface area contributed by atoms with E-state index in [-0.39, 0.29) is 0 Å². The molecule has 0 atom stereocenters. The zero-order chi connectivity index (χ0) is 9.68. The zero-order valence-electron chi connectivity index (χ0n) is 8.45. The number of aryl methyl sites for hydroxylation is 1. The van der Waals surface area contributed by atoms with Crippen LogP contribution in [0.15, 0.2) is 18.2 Å². The summed E-state index contributed by atoms with van der Waals surface area (Å²) in [6.45, 7) is 2.83. The van der Waals surface area contributed by atoms with Crippen molar-refractivity contribution < 1.29 is 4.84 Å². The third-order valence-electron chi connectivity index (χ3n) is 1.92. The van der Waals surface area contributed by atoms with Gasteiger partial charge < -0.3 is 4.84 Å². The summed E-state index contributed by atoms with van der Waals surface area (Å²) < 4.78 is 0. The third kappa shape index (κ3) is 3.13. The molecular weight excluding hydrogens is 164 g/mol. The smallest absolute Gasteiger partial charge is 0.0661 e. The van der Waals surface area contributed by atoms with Crippen LogP contribution in [-0.2, 0) is 17.8 Å². The minimum atomic E-state index is 0.727. The van der Waals surface area contributed by atoms with E-state index < -0.39 is 0 Å². The number of hydroxylamine groups is 2. The summed E-state index contributed by atoms with van der Waals surface area (Å²) in [5.74, 6) is 0. The van der Waals surface area contributed by atoms with E-state index in [1.165, 1.54) is 0 Å². The van der Waals surface area contributed by atoms with Gasteiger partial charge in [-0.15, -0.1) is 0 Å². The van der Waals surface area contributed by atoms with Gasteiger partial charge in [-0.05, 0) is 18.6 Å². The SMILES string of the molecule is CCc1cccc(CN(C)OC)n1. The number of rotatable bonds is 4. The molecule has 13 heavy (non-hydrogen) atoms. The van der Waals surface area contributed by atoms with Crippen molar-refractivity contribution in [3.05, 3.63) is 29.6 Å². The standard InChI is InChI=1S/C10H16N2O/c1-4-9-6-5-7-10(11-9)8-12(2)13-3/h5-7H,4,8H2,1-3H3. The van der Waals surface area contributed by atoms with Crippen LogP contribution in [0.25, 0.3) is 0 Å². The molecule has 1 heterocycles. The molecule has 72 valence electrons. The average molecular weight is 180 g/mol. The van der Waals surface area contributed by atoms with Crippen LogP contribution in [-0.4, -0.2) is 24.2 Å². The van der Waals surface area contributed by atoms with E-state index in [1.807, 2.05) is 25.2 Å². The van der Waals surface area contributed by atoms with Crippen molar-refractivity contribution in [2.45, 2.75) is 19.9 Å². The van der Waals surface area contributed by atoms with E-state index in [4.69, 9.17) is 4.84 Å². The molecule has 0 aromatic carbocycles. The van der Waals surface area contributed by atoms with Crippen LogP contribution in [0, 0.1) is 0 Å². The first-order valence-corrected chi connectivity index (χ1v) is 4.46. The van der Waals surface area contributed by atoms with Crippen molar-refractivity contribution in [1.82, 2.24) is 10.0 Å². The Hall–Kier alpha value is -0.930. The second kappa shape index (κ2) is 4.94. The normalized spacial score (nSPS) is 10.8. The number of aromatic nitrogens is 1. The van der Waals surface area contributed by atoms with E-state index in [0.717, 1.165) is 24.4 Å². The molecule has 3 heteroatoms. The van der Waals surface area contributed by atoms with Crippen molar-refractivity contribution in [2.75, 3.05) is 14.2 Å². The van der Waals surface area contributed by atoms with Gasteiger partial charge in [-0.25, -0.2) is 0 Å². The minimum absolute atomic E-state index is 0.727. The van der Waals surface area contributed by atoms with Gasteiger partial charge in [0.25, 0.3) is 0 Å². The van der Waals surface area contributed by atoms with Gasteiger partial charge in [-0.1, -0.05) is 13.0 Å². The molecule has 0 amide bonds. The molecule has 0 aliphatic rings. The molecule has 0 aliphatic carbocycles. The van der Waals surface area contributed by atoms with Gasteiger partial charge in [0.1, 0.15) is 0 Å². The third-order valence-corrected chi connectivity index (χ3v) is 1.92. The number of hydrogen-bond acceptors (Lipinski definition) is 3. The maximum Gasteiger partial charge on any atom is 0.0661 e. The Bertz CT molecular complexity index is 263. The highest BCUT2D eigenvalue weighted by atomic mass is 16.7. The monoisotopic (exact) mass is 180 g/mol. The van der Waals surface area contributed by atoms with E-state index in [1.54, 1.807) is 12.2 Å². The lowest BCUT2D eigenvalue weighted by Crippen LogP contribution is -2.16. The largest absolute Gasteiger partial charge is 0.302 e. The summed E-state index contributed by atoms with van der Waals surface area (Å²) in [7, 11) is 3.55. The minimum Gasteiger partial charge on any atom is -0.302 e. The molecule has 0 spiro atoms. The van der Waals surface area contributed by atoms with Gasteiger partial charge in [0.15, 0.2) is 0 Å². The summed E-state index contributed by atoms with van der Waals surface area (Å²) in [6, 6.07) is 6.08. The molecule has 0 bridgehead atoms. The first-order valence-electron chi connectivity index (χ1n) is 4.46. The second-order valence-electron chi connectivity index (χ2n) is 2.94. The van der Waals surface area contributed by atoms with Crippen molar-refractivity contribution in [2.24, 2.45) is 0 Å². The highest BCUT2D eigenvalue weighted by Crippen LogP contribution is 2.02. The number of hydrogen-bond donors (Lipinski definition) is 0. The maximum atomic E-state index is 5.02. The fourth-order valence-electron chi connectivity index (χ4n) is 1.11. The Kier molecular flexibility index (Phi) is 3.86. The molecule has 0 aliphatic heterocycles. The molecule has 1 rings (SSSR count). The first kappa shape index (κ1) is 10.2. The Labute approximate surface area is 79.3 Å². The number of pyridine rings is 1. The summed E-state index contributed by atoms with van der Waals surface area (Å²) >= 11 is 0. The van der Waals surface area contributed by atoms with Crippen LogP contribution >= 0.6 is 0 Å². The lowest BCUT2D eigenvalue weighted by molar-refractivity contribution is -0.117. The molecule has 0 fully saturated rings. The second-order valence-corrected chi connectivity index (χ2v) is 2.94. The summed E-state index contributed by atoms with van der Waals surface area (Å²) in [4.78, 5) is 9.48. The van der Waals surface area contributed by atoms with Gasteiger partial charge in [0.05, 0.1) is 19.3 Å². The van der Waals surface area contributed by atoms with Crippen LogP contribution in [0.1, 0.15) is 18.3 Å². The quantitative estimate of drug-likeness (QED) is 0.659. The van der Waals surface area contributed by atoms with Gasteiger partial charge in [-0.3, -0.25) is 4.98 Å². The van der Waals surface area contributed by atoms with E-state index in [9.17, 15) is 0 Å². The zero-order valence-corrected chi connectivity index (χ0v) is 8.45. The molecule has 0 N–H and O–H groups in total. The Balaban J connectivity index is 2.66. The molecule has 0 unspecified atom stereocenters. The Morgan fingerprint density at radius 1 is 1.38 bits per heavy atom. The fraction of sp³-hybridized carbons (Fsp3) is 0.500. The van der Waals surface area contributed by atoms with E-state index in [0.29, 0.717) is 0 Å². The van der Waals surface area contributed by atoms with Gasteiger partial charge in [0, 0.05) is 12.7 Å². The fourth-order valence-corrected chi connectivity index (χ4v) is 1.11. The van der Waals surface area contributed by atoms with Crippen LogP contribution < -0.4 is 0 Å². The Morgan fingerprint density at radius 3 is 2.69 bits per heavy atom. The highest BCUT2D eigenvalue weighted by Gasteiger charge is 2.00.